The van der Waals surface area contributed by atoms with Crippen molar-refractivity contribution in [2.45, 2.75) is 39.1 Å². The van der Waals surface area contributed by atoms with Crippen molar-refractivity contribution in [2.75, 3.05) is 0 Å². The summed E-state index contributed by atoms with van der Waals surface area (Å²) in [5, 5.41) is 31.1. The van der Waals surface area contributed by atoms with E-state index in [4.69, 9.17) is 0 Å². The van der Waals surface area contributed by atoms with Crippen molar-refractivity contribution in [1.82, 2.24) is 0 Å². The summed E-state index contributed by atoms with van der Waals surface area (Å²) in [7, 11) is 0. The molecule has 0 fully saturated rings. The molecule has 2 rings (SSSR count). The normalized spacial score (nSPS) is 16.3. The molecule has 0 saturated carbocycles. The van der Waals surface area contributed by atoms with Crippen LogP contribution in [0.5, 0.6) is 0 Å². The van der Waals surface area contributed by atoms with E-state index < -0.39 is 18.3 Å². The summed E-state index contributed by atoms with van der Waals surface area (Å²) < 4.78 is 0. The van der Waals surface area contributed by atoms with Gasteiger partial charge >= 0.3 is 0 Å². The third-order valence-corrected chi connectivity index (χ3v) is 3.45. The first-order chi connectivity index (χ1) is 8.90. The van der Waals surface area contributed by atoms with Crippen LogP contribution in [0.2, 0.25) is 0 Å². The molecule has 0 aliphatic carbocycles. The zero-order chi connectivity index (χ0) is 14.2. The molecular formula is C16H20O3. The molecule has 0 aromatic heterocycles. The SMILES string of the molecule is CC(O)c1ccc2c(C(C)O)cc(C(C)O)cc2c1. The van der Waals surface area contributed by atoms with Crippen molar-refractivity contribution in [2.24, 2.45) is 0 Å². The molecule has 3 heteroatoms. The van der Waals surface area contributed by atoms with Crippen LogP contribution >= 0.6 is 0 Å². The molecule has 0 aliphatic heterocycles. The lowest BCUT2D eigenvalue weighted by molar-refractivity contribution is 0.193. The van der Waals surface area contributed by atoms with Gasteiger partial charge in [0, 0.05) is 0 Å². The monoisotopic (exact) mass is 260 g/mol. The van der Waals surface area contributed by atoms with Crippen molar-refractivity contribution in [3.05, 3.63) is 47.0 Å². The lowest BCUT2D eigenvalue weighted by Gasteiger charge is -2.15. The molecule has 0 saturated heterocycles. The fourth-order valence-electron chi connectivity index (χ4n) is 2.29. The zero-order valence-electron chi connectivity index (χ0n) is 11.5. The van der Waals surface area contributed by atoms with Crippen molar-refractivity contribution in [3.63, 3.8) is 0 Å². The van der Waals surface area contributed by atoms with Crippen molar-refractivity contribution in [3.8, 4) is 0 Å². The predicted molar refractivity (Wildman–Crippen MR) is 75.8 cm³/mol. The van der Waals surface area contributed by atoms with E-state index in [1.165, 1.54) is 0 Å². The number of fused-ring (bicyclic) bond motifs is 1. The molecule has 0 aliphatic rings. The third-order valence-electron chi connectivity index (χ3n) is 3.45. The van der Waals surface area contributed by atoms with E-state index in [-0.39, 0.29) is 0 Å². The second kappa shape index (κ2) is 5.29. The van der Waals surface area contributed by atoms with Crippen molar-refractivity contribution >= 4 is 10.8 Å². The van der Waals surface area contributed by atoms with Gasteiger partial charge in [0.1, 0.15) is 0 Å². The zero-order valence-corrected chi connectivity index (χ0v) is 11.5. The van der Waals surface area contributed by atoms with E-state index in [1.807, 2.05) is 30.3 Å². The lowest BCUT2D eigenvalue weighted by Crippen LogP contribution is -1.99. The van der Waals surface area contributed by atoms with Crippen LogP contribution in [0.25, 0.3) is 10.8 Å². The summed E-state index contributed by atoms with van der Waals surface area (Å²) in [6, 6.07) is 9.40. The fourth-order valence-corrected chi connectivity index (χ4v) is 2.29. The van der Waals surface area contributed by atoms with Gasteiger partial charge in [0.05, 0.1) is 18.3 Å². The molecule has 3 N–H and O–H groups in total. The Kier molecular flexibility index (Phi) is 3.90. The first-order valence-corrected chi connectivity index (χ1v) is 6.52. The average molecular weight is 260 g/mol. The molecule has 2 aromatic carbocycles. The lowest BCUT2D eigenvalue weighted by atomic mass is 9.94. The Morgan fingerprint density at radius 2 is 1.32 bits per heavy atom. The Labute approximate surface area is 113 Å². The molecule has 0 radical (unpaired) electrons. The average Bonchev–Trinajstić information content (AvgIpc) is 2.36. The van der Waals surface area contributed by atoms with E-state index in [2.05, 4.69) is 0 Å². The summed E-state index contributed by atoms with van der Waals surface area (Å²) in [5.41, 5.74) is 2.39. The molecule has 0 spiro atoms. The number of aliphatic hydroxyl groups excluding tert-OH is 3. The maximum Gasteiger partial charge on any atom is 0.0768 e. The standard InChI is InChI=1S/C16H20O3/c1-9(17)12-4-5-15-14(6-12)7-13(10(2)18)8-16(15)11(3)19/h4-11,17-19H,1-3H3. The number of rotatable bonds is 3. The Morgan fingerprint density at radius 1 is 0.737 bits per heavy atom. The molecule has 0 heterocycles. The molecule has 102 valence electrons. The van der Waals surface area contributed by atoms with E-state index >= 15 is 0 Å². The van der Waals surface area contributed by atoms with Crippen LogP contribution in [0.15, 0.2) is 30.3 Å². The van der Waals surface area contributed by atoms with Crippen LogP contribution in [-0.4, -0.2) is 15.3 Å². The van der Waals surface area contributed by atoms with Crippen LogP contribution in [0.3, 0.4) is 0 Å². The highest BCUT2D eigenvalue weighted by Crippen LogP contribution is 2.30. The van der Waals surface area contributed by atoms with Gasteiger partial charge in [-0.1, -0.05) is 18.2 Å². The minimum absolute atomic E-state index is 0.533. The number of benzene rings is 2. The first-order valence-electron chi connectivity index (χ1n) is 6.52. The highest BCUT2D eigenvalue weighted by atomic mass is 16.3. The topological polar surface area (TPSA) is 60.7 Å². The minimum Gasteiger partial charge on any atom is -0.389 e. The van der Waals surface area contributed by atoms with Gasteiger partial charge < -0.3 is 15.3 Å². The first kappa shape index (κ1) is 14.0. The van der Waals surface area contributed by atoms with Gasteiger partial charge in [-0.15, -0.1) is 0 Å². The van der Waals surface area contributed by atoms with Crippen molar-refractivity contribution in [1.29, 1.82) is 0 Å². The maximum atomic E-state index is 9.88. The largest absolute Gasteiger partial charge is 0.389 e. The molecule has 3 unspecified atom stereocenters. The van der Waals surface area contributed by atoms with E-state index in [1.54, 1.807) is 20.8 Å². The van der Waals surface area contributed by atoms with Gasteiger partial charge in [-0.2, -0.15) is 0 Å². The van der Waals surface area contributed by atoms with Crippen molar-refractivity contribution < 1.29 is 15.3 Å². The van der Waals surface area contributed by atoms with Gasteiger partial charge in [-0.05, 0) is 60.4 Å². The van der Waals surface area contributed by atoms with E-state index in [0.29, 0.717) is 0 Å². The third kappa shape index (κ3) is 2.78. The molecule has 0 bridgehead atoms. The van der Waals surface area contributed by atoms with Crippen LogP contribution in [0, 0.1) is 0 Å². The highest BCUT2D eigenvalue weighted by molar-refractivity contribution is 5.87. The molecule has 2 aromatic rings. The Hall–Kier alpha value is -1.42. The fraction of sp³-hybridized carbons (Fsp3) is 0.375. The summed E-state index contributed by atoms with van der Waals surface area (Å²) in [6.07, 6.45) is -1.72. The van der Waals surface area contributed by atoms with Gasteiger partial charge in [0.15, 0.2) is 0 Å². The van der Waals surface area contributed by atoms with Gasteiger partial charge in [0.2, 0.25) is 0 Å². The summed E-state index contributed by atoms with van der Waals surface area (Å²) in [5.74, 6) is 0. The molecule has 3 atom stereocenters. The molecule has 3 nitrogen and oxygen atoms in total. The smallest absolute Gasteiger partial charge is 0.0768 e. The van der Waals surface area contributed by atoms with Crippen LogP contribution in [0.1, 0.15) is 55.8 Å². The number of aliphatic hydroxyl groups is 3. The van der Waals surface area contributed by atoms with Gasteiger partial charge in [-0.3, -0.25) is 0 Å². The van der Waals surface area contributed by atoms with Crippen LogP contribution in [0.4, 0.5) is 0 Å². The minimum atomic E-state index is -0.599. The highest BCUT2D eigenvalue weighted by Gasteiger charge is 2.12. The maximum absolute atomic E-state index is 9.88. The summed E-state index contributed by atoms with van der Waals surface area (Å²) in [6.45, 7) is 5.13. The van der Waals surface area contributed by atoms with E-state index in [9.17, 15) is 15.3 Å². The Morgan fingerprint density at radius 3 is 1.84 bits per heavy atom. The van der Waals surface area contributed by atoms with Gasteiger partial charge in [-0.25, -0.2) is 0 Å². The Bertz CT molecular complexity index is 581. The molecular weight excluding hydrogens is 240 g/mol. The summed E-state index contributed by atoms with van der Waals surface area (Å²) in [4.78, 5) is 0. The number of hydrogen-bond donors (Lipinski definition) is 3. The second-order valence-electron chi connectivity index (χ2n) is 5.12. The van der Waals surface area contributed by atoms with Gasteiger partial charge in [0.25, 0.3) is 0 Å². The van der Waals surface area contributed by atoms with E-state index in [0.717, 1.165) is 27.5 Å². The molecule has 0 amide bonds. The predicted octanol–water partition coefficient (Wildman–Crippen LogP) is 3.00. The molecule has 19 heavy (non-hydrogen) atoms. The summed E-state index contributed by atoms with van der Waals surface area (Å²) >= 11 is 0. The van der Waals surface area contributed by atoms with Crippen LogP contribution in [-0.2, 0) is 0 Å². The Balaban J connectivity index is 2.72. The van der Waals surface area contributed by atoms with Crippen LogP contribution < -0.4 is 0 Å². The second-order valence-corrected chi connectivity index (χ2v) is 5.12. The number of hydrogen-bond acceptors (Lipinski definition) is 3. The quantitative estimate of drug-likeness (QED) is 0.795.